The van der Waals surface area contributed by atoms with Gasteiger partial charge in [0, 0.05) is 12.1 Å². The first-order valence-corrected chi connectivity index (χ1v) is 5.49. The Morgan fingerprint density at radius 2 is 2.19 bits per heavy atom. The lowest BCUT2D eigenvalue weighted by Gasteiger charge is -2.05. The van der Waals surface area contributed by atoms with Gasteiger partial charge in [-0.25, -0.2) is 4.68 Å². The van der Waals surface area contributed by atoms with Crippen LogP contribution in [0.4, 0.5) is 5.69 Å². The molecular formula is C9H9BrN4O2. The van der Waals surface area contributed by atoms with E-state index in [4.69, 9.17) is 0 Å². The van der Waals surface area contributed by atoms with E-state index in [1.54, 1.807) is 10.7 Å². The van der Waals surface area contributed by atoms with E-state index >= 15 is 0 Å². The van der Waals surface area contributed by atoms with Crippen LogP contribution >= 0.6 is 15.9 Å². The fraction of sp³-hybridized carbons (Fsp3) is 0.333. The maximum atomic E-state index is 10.7. The van der Waals surface area contributed by atoms with E-state index < -0.39 is 4.92 Å². The molecule has 0 spiro atoms. The minimum Gasteiger partial charge on any atom is -0.258 e. The molecule has 0 atom stereocenters. The van der Waals surface area contributed by atoms with Gasteiger partial charge in [0.1, 0.15) is 9.99 Å². The number of nitrogens with zero attached hydrogens (tertiary/aromatic N) is 4. The van der Waals surface area contributed by atoms with Crippen LogP contribution in [0.3, 0.4) is 0 Å². The number of benzene rings is 1. The fourth-order valence-electron chi connectivity index (χ4n) is 1.49. The van der Waals surface area contributed by atoms with Crippen molar-refractivity contribution in [2.24, 2.45) is 0 Å². The lowest BCUT2D eigenvalue weighted by atomic mass is 10.2. The molecule has 6 nitrogen and oxygen atoms in total. The molecule has 1 aromatic carbocycles. The highest BCUT2D eigenvalue weighted by Gasteiger charge is 2.19. The predicted molar refractivity (Wildman–Crippen MR) is 62.3 cm³/mol. The maximum Gasteiger partial charge on any atom is 0.285 e. The number of nitro benzene ring substituents is 1. The molecule has 7 heteroatoms. The Balaban J connectivity index is 2.73. The zero-order chi connectivity index (χ0) is 11.9. The van der Waals surface area contributed by atoms with Gasteiger partial charge in [-0.2, -0.15) is 0 Å². The van der Waals surface area contributed by atoms with Gasteiger partial charge in [-0.3, -0.25) is 10.1 Å². The molecule has 0 bridgehead atoms. The number of aromatic nitrogens is 3. The molecule has 0 N–H and O–H groups in total. The molecule has 16 heavy (non-hydrogen) atoms. The summed E-state index contributed by atoms with van der Waals surface area (Å²) in [7, 11) is 0. The van der Waals surface area contributed by atoms with Gasteiger partial charge in [-0.15, -0.1) is 5.10 Å². The molecule has 2 rings (SSSR count). The van der Waals surface area contributed by atoms with E-state index in [0.717, 1.165) is 5.52 Å². The number of halogens is 1. The summed E-state index contributed by atoms with van der Waals surface area (Å²) >= 11 is 3.19. The van der Waals surface area contributed by atoms with E-state index in [0.29, 0.717) is 9.99 Å². The average Bonchev–Trinajstić information content (AvgIpc) is 2.61. The van der Waals surface area contributed by atoms with Crippen molar-refractivity contribution in [3.63, 3.8) is 0 Å². The van der Waals surface area contributed by atoms with Crippen molar-refractivity contribution in [3.8, 4) is 0 Å². The van der Waals surface area contributed by atoms with E-state index in [2.05, 4.69) is 26.2 Å². The lowest BCUT2D eigenvalue weighted by molar-refractivity contribution is -0.385. The van der Waals surface area contributed by atoms with Gasteiger partial charge in [0.2, 0.25) is 0 Å². The Labute approximate surface area is 99.5 Å². The summed E-state index contributed by atoms with van der Waals surface area (Å²) in [5.74, 6) is 0. The minimum atomic E-state index is -0.447. The summed E-state index contributed by atoms with van der Waals surface area (Å²) in [6, 6.07) is 3.28. The molecule has 0 radical (unpaired) electrons. The van der Waals surface area contributed by atoms with Crippen molar-refractivity contribution in [1.29, 1.82) is 0 Å². The molecule has 0 saturated carbocycles. The van der Waals surface area contributed by atoms with Crippen LogP contribution in [0.25, 0.3) is 11.0 Å². The quantitative estimate of drug-likeness (QED) is 0.628. The van der Waals surface area contributed by atoms with Crippen molar-refractivity contribution in [1.82, 2.24) is 15.0 Å². The van der Waals surface area contributed by atoms with Gasteiger partial charge in [0.15, 0.2) is 0 Å². The molecule has 0 fully saturated rings. The van der Waals surface area contributed by atoms with Crippen LogP contribution in [-0.2, 0) is 0 Å². The van der Waals surface area contributed by atoms with Crippen molar-refractivity contribution in [2.45, 2.75) is 19.9 Å². The Morgan fingerprint density at radius 3 is 2.75 bits per heavy atom. The lowest BCUT2D eigenvalue weighted by Crippen LogP contribution is -2.02. The molecule has 0 aliphatic carbocycles. The second-order valence-corrected chi connectivity index (χ2v) is 4.44. The van der Waals surface area contributed by atoms with Crippen LogP contribution in [0, 0.1) is 10.1 Å². The Morgan fingerprint density at radius 1 is 1.50 bits per heavy atom. The van der Waals surface area contributed by atoms with Crippen LogP contribution in [0.5, 0.6) is 0 Å². The third-order valence-electron chi connectivity index (χ3n) is 2.25. The van der Waals surface area contributed by atoms with Crippen LogP contribution in [0.1, 0.15) is 19.9 Å². The number of hydrogen-bond acceptors (Lipinski definition) is 4. The largest absolute Gasteiger partial charge is 0.285 e. The highest BCUT2D eigenvalue weighted by molar-refractivity contribution is 9.10. The van der Waals surface area contributed by atoms with Crippen molar-refractivity contribution in [3.05, 3.63) is 26.7 Å². The molecule has 1 heterocycles. The van der Waals surface area contributed by atoms with E-state index in [-0.39, 0.29) is 11.7 Å². The van der Waals surface area contributed by atoms with Crippen LogP contribution in [0.2, 0.25) is 0 Å². The minimum absolute atomic E-state index is 0.00306. The summed E-state index contributed by atoms with van der Waals surface area (Å²) in [4.78, 5) is 10.3. The molecule has 0 unspecified atom stereocenters. The monoisotopic (exact) mass is 284 g/mol. The number of fused-ring (bicyclic) bond motifs is 1. The topological polar surface area (TPSA) is 73.8 Å². The van der Waals surface area contributed by atoms with Gasteiger partial charge in [0.05, 0.1) is 10.4 Å². The summed E-state index contributed by atoms with van der Waals surface area (Å²) < 4.78 is 2.10. The van der Waals surface area contributed by atoms with Gasteiger partial charge in [-0.05, 0) is 35.8 Å². The Hall–Kier alpha value is -1.50. The van der Waals surface area contributed by atoms with Crippen LogP contribution in [0.15, 0.2) is 16.6 Å². The molecule has 0 aliphatic rings. The second-order valence-electron chi connectivity index (χ2n) is 3.65. The van der Waals surface area contributed by atoms with E-state index in [1.165, 1.54) is 6.07 Å². The second kappa shape index (κ2) is 3.82. The highest BCUT2D eigenvalue weighted by atomic mass is 79.9. The molecule has 0 saturated heterocycles. The molecule has 0 aliphatic heterocycles. The van der Waals surface area contributed by atoms with Gasteiger partial charge in [0.25, 0.3) is 5.69 Å². The normalized spacial score (nSPS) is 11.2. The first kappa shape index (κ1) is 11.0. The fourth-order valence-corrected chi connectivity index (χ4v) is 2.05. The zero-order valence-electron chi connectivity index (χ0n) is 8.72. The molecular weight excluding hydrogens is 276 g/mol. The van der Waals surface area contributed by atoms with E-state index in [1.807, 2.05) is 13.8 Å². The van der Waals surface area contributed by atoms with E-state index in [9.17, 15) is 10.1 Å². The van der Waals surface area contributed by atoms with Gasteiger partial charge < -0.3 is 0 Å². The van der Waals surface area contributed by atoms with Crippen molar-refractivity contribution >= 4 is 32.7 Å². The van der Waals surface area contributed by atoms with Crippen molar-refractivity contribution < 1.29 is 4.92 Å². The van der Waals surface area contributed by atoms with Crippen molar-refractivity contribution in [2.75, 3.05) is 0 Å². The number of rotatable bonds is 2. The zero-order valence-corrected chi connectivity index (χ0v) is 10.3. The predicted octanol–water partition coefficient (Wildman–Crippen LogP) is 2.68. The van der Waals surface area contributed by atoms with Gasteiger partial charge >= 0.3 is 0 Å². The molecule has 2 aromatic rings. The number of hydrogen-bond donors (Lipinski definition) is 0. The smallest absolute Gasteiger partial charge is 0.258 e. The highest BCUT2D eigenvalue weighted by Crippen LogP contribution is 2.31. The first-order valence-electron chi connectivity index (χ1n) is 4.70. The third-order valence-corrected chi connectivity index (χ3v) is 3.03. The first-order chi connectivity index (χ1) is 7.52. The van der Waals surface area contributed by atoms with Crippen LogP contribution in [-0.4, -0.2) is 19.9 Å². The SMILES string of the molecule is CC(C)n1nnc2c(Br)c([N+](=O)[O-])ccc21. The maximum absolute atomic E-state index is 10.7. The molecule has 0 amide bonds. The van der Waals surface area contributed by atoms with Crippen LogP contribution < -0.4 is 0 Å². The van der Waals surface area contributed by atoms with Gasteiger partial charge in [-0.1, -0.05) is 5.21 Å². The summed E-state index contributed by atoms with van der Waals surface area (Å²) in [6.45, 7) is 3.95. The number of nitro groups is 1. The average molecular weight is 285 g/mol. The summed E-state index contributed by atoms with van der Waals surface area (Å²) in [5.41, 5.74) is 1.30. The molecule has 84 valence electrons. The molecule has 1 aromatic heterocycles. The Kier molecular flexibility index (Phi) is 2.63. The third kappa shape index (κ3) is 1.57. The summed E-state index contributed by atoms with van der Waals surface area (Å²) in [5, 5.41) is 18.6. The standard InChI is InChI=1S/C9H9BrN4O2/c1-5(2)13-7-4-3-6(14(15)16)8(10)9(7)11-12-13/h3-5H,1-2H3. The Bertz CT molecular complexity index is 564. The summed E-state index contributed by atoms with van der Waals surface area (Å²) in [6.07, 6.45) is 0.